The van der Waals surface area contributed by atoms with Gasteiger partial charge in [-0.2, -0.15) is 0 Å². The highest BCUT2D eigenvalue weighted by Gasteiger charge is 2.32. The third-order valence-corrected chi connectivity index (χ3v) is 5.13. The first-order valence-corrected chi connectivity index (χ1v) is 8.88. The molecular weight excluding hydrogens is 324 g/mol. The molecule has 25 heavy (non-hydrogen) atoms. The summed E-state index contributed by atoms with van der Waals surface area (Å²) in [6.07, 6.45) is 1.04. The summed E-state index contributed by atoms with van der Waals surface area (Å²) in [4.78, 5) is 15.0. The first-order chi connectivity index (χ1) is 12.3. The Bertz CT molecular complexity index is 611. The number of hydrogen-bond donors (Lipinski definition) is 1. The third-order valence-electron chi connectivity index (χ3n) is 5.13. The van der Waals surface area contributed by atoms with Gasteiger partial charge in [-0.3, -0.25) is 9.69 Å². The van der Waals surface area contributed by atoms with E-state index in [1.165, 1.54) is 0 Å². The monoisotopic (exact) mass is 348 g/mol. The Hall–Kier alpha value is -1.83. The first-order valence-electron chi connectivity index (χ1n) is 8.88. The average molecular weight is 348 g/mol. The number of nitrogens with one attached hydrogen (secondary N) is 1. The lowest BCUT2D eigenvalue weighted by Crippen LogP contribution is -2.52. The van der Waals surface area contributed by atoms with Gasteiger partial charge in [0.05, 0.1) is 19.8 Å². The van der Waals surface area contributed by atoms with E-state index in [-0.39, 0.29) is 18.7 Å². The highest BCUT2D eigenvalue weighted by Crippen LogP contribution is 2.32. The number of fused-ring (bicyclic) bond motifs is 1. The summed E-state index contributed by atoms with van der Waals surface area (Å²) in [5, 5.41) is 3.09. The maximum atomic E-state index is 12.6. The topological polar surface area (TPSA) is 69.3 Å². The molecule has 0 aromatic heterocycles. The Morgan fingerprint density at radius 1 is 1.16 bits per heavy atom. The lowest BCUT2D eigenvalue weighted by atomic mass is 9.96. The fourth-order valence-corrected chi connectivity index (χ4v) is 3.70. The van der Waals surface area contributed by atoms with Crippen molar-refractivity contribution in [2.75, 3.05) is 52.9 Å². The molecule has 0 radical (unpaired) electrons. The Morgan fingerprint density at radius 3 is 2.80 bits per heavy atom. The van der Waals surface area contributed by atoms with Crippen LogP contribution in [0.25, 0.3) is 0 Å². The van der Waals surface area contributed by atoms with E-state index in [2.05, 4.69) is 10.2 Å². The number of carbonyl (C=O) groups excluding carboxylic acids is 1. The van der Waals surface area contributed by atoms with Crippen LogP contribution < -0.4 is 14.8 Å². The lowest BCUT2D eigenvalue weighted by molar-refractivity contribution is 0.00166. The van der Waals surface area contributed by atoms with E-state index in [1.807, 2.05) is 0 Å². The van der Waals surface area contributed by atoms with Gasteiger partial charge in [0.15, 0.2) is 11.5 Å². The Labute approximate surface area is 147 Å². The summed E-state index contributed by atoms with van der Waals surface area (Å²) in [7, 11) is 0. The molecule has 1 N–H and O–H groups in total. The SMILES string of the molecule is O=C(NC[C@H]([C@@H]1CCOC1)N1CCOCC1)c1ccc2c(c1)OCO2. The van der Waals surface area contributed by atoms with Gasteiger partial charge in [0.1, 0.15) is 0 Å². The number of ether oxygens (including phenoxy) is 4. The summed E-state index contributed by atoms with van der Waals surface area (Å²) < 4.78 is 21.7. The number of benzene rings is 1. The van der Waals surface area contributed by atoms with Crippen LogP contribution in [0.5, 0.6) is 11.5 Å². The molecule has 136 valence electrons. The summed E-state index contributed by atoms with van der Waals surface area (Å²) >= 11 is 0. The molecule has 7 heteroatoms. The summed E-state index contributed by atoms with van der Waals surface area (Å²) in [5.74, 6) is 1.68. The van der Waals surface area contributed by atoms with Crippen LogP contribution >= 0.6 is 0 Å². The molecule has 7 nitrogen and oxygen atoms in total. The molecule has 0 spiro atoms. The number of amides is 1. The van der Waals surface area contributed by atoms with Gasteiger partial charge < -0.3 is 24.3 Å². The molecule has 4 rings (SSSR count). The number of nitrogens with zero attached hydrogens (tertiary/aromatic N) is 1. The van der Waals surface area contributed by atoms with Gasteiger partial charge in [0, 0.05) is 43.8 Å². The van der Waals surface area contributed by atoms with Gasteiger partial charge in [-0.25, -0.2) is 0 Å². The van der Waals surface area contributed by atoms with Crippen LogP contribution in [0.4, 0.5) is 0 Å². The van der Waals surface area contributed by atoms with E-state index in [1.54, 1.807) is 18.2 Å². The summed E-state index contributed by atoms with van der Waals surface area (Å²) in [6, 6.07) is 5.57. The van der Waals surface area contributed by atoms with Gasteiger partial charge in [0.2, 0.25) is 6.79 Å². The molecule has 0 bridgehead atoms. The van der Waals surface area contributed by atoms with Crippen molar-refractivity contribution in [2.45, 2.75) is 12.5 Å². The molecule has 2 saturated heterocycles. The van der Waals surface area contributed by atoms with Crippen molar-refractivity contribution in [3.8, 4) is 11.5 Å². The Kier molecular flexibility index (Phi) is 5.05. The maximum absolute atomic E-state index is 12.6. The fraction of sp³-hybridized carbons (Fsp3) is 0.611. The minimum absolute atomic E-state index is 0.0875. The minimum Gasteiger partial charge on any atom is -0.454 e. The highest BCUT2D eigenvalue weighted by atomic mass is 16.7. The van der Waals surface area contributed by atoms with Gasteiger partial charge in [-0.05, 0) is 24.6 Å². The number of rotatable bonds is 5. The van der Waals surface area contributed by atoms with E-state index in [0.717, 1.165) is 45.9 Å². The van der Waals surface area contributed by atoms with Gasteiger partial charge in [-0.15, -0.1) is 0 Å². The standard InChI is InChI=1S/C18H24N2O5/c21-18(13-1-2-16-17(9-13)25-12-24-16)19-10-15(14-3-6-23-11-14)20-4-7-22-8-5-20/h1-2,9,14-15H,3-8,10-12H2,(H,19,21)/t14-,15-/m1/s1. The normalized spacial score (nSPS) is 24.2. The molecule has 2 atom stereocenters. The smallest absolute Gasteiger partial charge is 0.251 e. The zero-order valence-corrected chi connectivity index (χ0v) is 14.2. The maximum Gasteiger partial charge on any atom is 0.251 e. The quantitative estimate of drug-likeness (QED) is 0.852. The predicted octanol–water partition coefficient (Wildman–Crippen LogP) is 0.882. The van der Waals surface area contributed by atoms with Crippen LogP contribution in [-0.2, 0) is 9.47 Å². The highest BCUT2D eigenvalue weighted by molar-refractivity contribution is 5.94. The lowest BCUT2D eigenvalue weighted by Gasteiger charge is -2.37. The number of morpholine rings is 1. The molecule has 1 amide bonds. The number of carbonyl (C=O) groups is 1. The molecule has 1 aromatic rings. The second-order valence-electron chi connectivity index (χ2n) is 6.62. The van der Waals surface area contributed by atoms with Gasteiger partial charge >= 0.3 is 0 Å². The number of hydrogen-bond acceptors (Lipinski definition) is 6. The first kappa shape index (κ1) is 16.6. The third kappa shape index (κ3) is 3.73. The van der Waals surface area contributed by atoms with Crippen molar-refractivity contribution in [2.24, 2.45) is 5.92 Å². The fourth-order valence-electron chi connectivity index (χ4n) is 3.70. The van der Waals surface area contributed by atoms with E-state index in [0.29, 0.717) is 29.5 Å². The van der Waals surface area contributed by atoms with E-state index in [9.17, 15) is 4.79 Å². The van der Waals surface area contributed by atoms with E-state index in [4.69, 9.17) is 18.9 Å². The summed E-state index contributed by atoms with van der Waals surface area (Å²) in [5.41, 5.74) is 0.590. The molecule has 0 saturated carbocycles. The molecule has 0 aliphatic carbocycles. The van der Waals surface area contributed by atoms with Crippen LogP contribution in [-0.4, -0.2) is 69.7 Å². The molecule has 3 aliphatic rings. The van der Waals surface area contributed by atoms with Crippen molar-refractivity contribution in [3.63, 3.8) is 0 Å². The van der Waals surface area contributed by atoms with Gasteiger partial charge in [0.25, 0.3) is 5.91 Å². The zero-order valence-electron chi connectivity index (χ0n) is 14.2. The molecular formula is C18H24N2O5. The van der Waals surface area contributed by atoms with Crippen molar-refractivity contribution in [3.05, 3.63) is 23.8 Å². The Morgan fingerprint density at radius 2 is 2.00 bits per heavy atom. The van der Waals surface area contributed by atoms with E-state index >= 15 is 0 Å². The largest absolute Gasteiger partial charge is 0.454 e. The summed E-state index contributed by atoms with van der Waals surface area (Å²) in [6.45, 7) is 5.70. The van der Waals surface area contributed by atoms with Crippen molar-refractivity contribution >= 4 is 5.91 Å². The second-order valence-corrected chi connectivity index (χ2v) is 6.62. The Balaban J connectivity index is 1.40. The minimum atomic E-state index is -0.0875. The molecule has 3 aliphatic heterocycles. The van der Waals surface area contributed by atoms with Crippen molar-refractivity contribution in [1.82, 2.24) is 10.2 Å². The van der Waals surface area contributed by atoms with Crippen molar-refractivity contribution in [1.29, 1.82) is 0 Å². The second kappa shape index (κ2) is 7.59. The van der Waals surface area contributed by atoms with Crippen molar-refractivity contribution < 1.29 is 23.7 Å². The van der Waals surface area contributed by atoms with Crippen LogP contribution in [0.3, 0.4) is 0 Å². The van der Waals surface area contributed by atoms with Crippen LogP contribution in [0.1, 0.15) is 16.8 Å². The predicted molar refractivity (Wildman–Crippen MR) is 90.0 cm³/mol. The molecule has 3 heterocycles. The zero-order chi connectivity index (χ0) is 17.1. The van der Waals surface area contributed by atoms with Crippen LogP contribution in [0.15, 0.2) is 18.2 Å². The van der Waals surface area contributed by atoms with Gasteiger partial charge in [-0.1, -0.05) is 0 Å². The molecule has 2 fully saturated rings. The average Bonchev–Trinajstić information content (AvgIpc) is 3.34. The van der Waals surface area contributed by atoms with E-state index < -0.39 is 0 Å². The molecule has 1 aromatic carbocycles. The van der Waals surface area contributed by atoms with Crippen LogP contribution in [0, 0.1) is 5.92 Å². The van der Waals surface area contributed by atoms with Crippen LogP contribution in [0.2, 0.25) is 0 Å². The molecule has 0 unspecified atom stereocenters.